The number of nitrogens with zero attached hydrogens (tertiary/aromatic N) is 13. The molecule has 0 radical (unpaired) electrons. The van der Waals surface area contributed by atoms with Gasteiger partial charge in [0.25, 0.3) is 0 Å². The number of aromatic nitrogens is 3. The highest BCUT2D eigenvalue weighted by atomic mass is 15.1. The molecule has 3 aromatic heterocycles. The van der Waals surface area contributed by atoms with Crippen LogP contribution < -0.4 is 4.90 Å². The van der Waals surface area contributed by atoms with Crippen LogP contribution in [-0.2, 0) is 0 Å². The molecule has 0 fully saturated rings. The van der Waals surface area contributed by atoms with Crippen molar-refractivity contribution in [2.24, 2.45) is 0 Å². The molecule has 0 aliphatic rings. The Morgan fingerprint density at radius 2 is 0.487 bits per heavy atom. The quantitative estimate of drug-likeness (QED) is 0.153. The van der Waals surface area contributed by atoms with Crippen molar-refractivity contribution in [2.45, 2.75) is 0 Å². The first-order valence-corrected chi connectivity index (χ1v) is 23.4. The van der Waals surface area contributed by atoms with Gasteiger partial charge in [-0.15, -0.1) is 0 Å². The minimum atomic E-state index is 0.165. The van der Waals surface area contributed by atoms with Gasteiger partial charge in [0.2, 0.25) is 0 Å². The number of hydrogen-bond acceptors (Lipinski definition) is 10. The van der Waals surface area contributed by atoms with Crippen molar-refractivity contribution in [1.29, 1.82) is 47.4 Å². The summed E-state index contributed by atoms with van der Waals surface area (Å²) in [4.78, 5) is 2.11. The number of hydrogen-bond donors (Lipinski definition) is 0. The monoisotopic (exact) mass is 965 g/mol. The van der Waals surface area contributed by atoms with Crippen LogP contribution in [0.5, 0.6) is 0 Å². The molecule has 344 valence electrons. The number of nitriles is 9. The normalized spacial score (nSPS) is 10.8. The SMILES string of the molecule is N#Cc1cc(C#N)c(-n2c3ccccc3c3cc(N(c4ccc5c(c4)c4ccccc4n5-c4c(C#N)cc(C#N)cc4C#N)c4ccc5c(c4)c4ccccc4n5-c4c(C#N)cc(C#N)cc4C#N)ccc32)c(C#N)c1. The molecule has 0 amide bonds. The fourth-order valence-corrected chi connectivity index (χ4v) is 10.8. The topological polar surface area (TPSA) is 232 Å². The summed E-state index contributed by atoms with van der Waals surface area (Å²) in [6.45, 7) is 0. The number of benzene rings is 9. The standard InChI is InChI=1S/C63H27N13/c64-28-37-19-40(31-67)61(41(20-37)32-68)74-55-10-4-1-7-49(55)52-25-46(13-16-58(52)74)73(47-14-17-59-53(26-47)50-8-2-5-11-56(50)75(59)62-42(33-69)21-38(29-65)22-43(62)34-70)48-15-18-60-54(27-48)51-9-3-6-12-57(51)76(60)63-44(35-71)23-39(30-66)24-45(63)36-72/h1-27H. The molecule has 0 bridgehead atoms. The van der Waals surface area contributed by atoms with E-state index in [-0.39, 0.29) is 50.1 Å². The number of para-hydroxylation sites is 3. The summed E-state index contributed by atoms with van der Waals surface area (Å²) in [6.07, 6.45) is 0. The lowest BCUT2D eigenvalue weighted by Gasteiger charge is -2.26. The molecule has 9 aromatic carbocycles. The molecule has 76 heavy (non-hydrogen) atoms. The van der Waals surface area contributed by atoms with Crippen molar-refractivity contribution < 1.29 is 0 Å². The Morgan fingerprint density at radius 1 is 0.250 bits per heavy atom. The Kier molecular flexibility index (Phi) is 10.3. The third-order valence-electron chi connectivity index (χ3n) is 13.9. The molecule has 13 heteroatoms. The maximum Gasteiger partial charge on any atom is 0.101 e. The van der Waals surface area contributed by atoms with Gasteiger partial charge in [-0.1, -0.05) is 54.6 Å². The highest BCUT2D eigenvalue weighted by molar-refractivity contribution is 6.14. The van der Waals surface area contributed by atoms with E-state index >= 15 is 0 Å². The summed E-state index contributed by atoms with van der Waals surface area (Å²) in [6, 6.07) is 69.5. The van der Waals surface area contributed by atoms with Crippen LogP contribution in [0.2, 0.25) is 0 Å². The zero-order chi connectivity index (χ0) is 52.4. The average molecular weight is 966 g/mol. The van der Waals surface area contributed by atoms with E-state index in [1.165, 1.54) is 36.4 Å². The van der Waals surface area contributed by atoms with E-state index in [9.17, 15) is 47.4 Å². The molecule has 3 heterocycles. The van der Waals surface area contributed by atoms with Gasteiger partial charge in [0.15, 0.2) is 0 Å². The highest BCUT2D eigenvalue weighted by Crippen LogP contribution is 2.45. The van der Waals surface area contributed by atoms with Gasteiger partial charge in [-0.3, -0.25) is 0 Å². The Morgan fingerprint density at radius 3 is 0.724 bits per heavy atom. The van der Waals surface area contributed by atoms with Crippen molar-refractivity contribution >= 4 is 82.5 Å². The van der Waals surface area contributed by atoms with E-state index in [4.69, 9.17) is 0 Å². The molecule has 0 aliphatic carbocycles. The zero-order valence-electron chi connectivity index (χ0n) is 39.4. The van der Waals surface area contributed by atoms with Gasteiger partial charge in [-0.2, -0.15) is 47.4 Å². The molecule has 12 aromatic rings. The van der Waals surface area contributed by atoms with Gasteiger partial charge in [0, 0.05) is 49.4 Å². The van der Waals surface area contributed by atoms with Crippen molar-refractivity contribution in [3.05, 3.63) is 214 Å². The van der Waals surface area contributed by atoms with E-state index in [1.54, 1.807) is 0 Å². The minimum absolute atomic E-state index is 0.165. The second-order valence-corrected chi connectivity index (χ2v) is 17.8. The Balaban J connectivity index is 1.16. The van der Waals surface area contributed by atoms with E-state index in [0.717, 1.165) is 65.9 Å². The van der Waals surface area contributed by atoms with Gasteiger partial charge in [0.1, 0.15) is 36.4 Å². The van der Waals surface area contributed by atoms with Crippen LogP contribution >= 0.6 is 0 Å². The van der Waals surface area contributed by atoms with Crippen LogP contribution in [0.25, 0.3) is 82.5 Å². The molecule has 12 rings (SSSR count). The van der Waals surface area contributed by atoms with E-state index in [2.05, 4.69) is 77.7 Å². The molecule has 0 spiro atoms. The molecule has 13 nitrogen and oxygen atoms in total. The summed E-state index contributed by atoms with van der Waals surface area (Å²) in [5.74, 6) is 0. The Labute approximate surface area is 432 Å². The molecular weight excluding hydrogens is 939 g/mol. The lowest BCUT2D eigenvalue weighted by molar-refractivity contribution is 1.15. The number of fused-ring (bicyclic) bond motifs is 9. The zero-order valence-corrected chi connectivity index (χ0v) is 39.4. The maximum atomic E-state index is 10.5. The molecule has 0 aliphatic heterocycles. The van der Waals surface area contributed by atoms with E-state index in [1.807, 2.05) is 123 Å². The Hall–Kier alpha value is -12.4. The number of rotatable bonds is 6. The summed E-state index contributed by atoms with van der Waals surface area (Å²) in [7, 11) is 0. The van der Waals surface area contributed by atoms with Crippen LogP contribution in [0.4, 0.5) is 17.1 Å². The first-order valence-electron chi connectivity index (χ1n) is 23.4. The molecule has 0 atom stereocenters. The van der Waals surface area contributed by atoms with Crippen LogP contribution in [-0.4, -0.2) is 13.7 Å². The van der Waals surface area contributed by atoms with Gasteiger partial charge in [0.05, 0.1) is 118 Å². The first-order chi connectivity index (χ1) is 37.3. The lowest BCUT2D eigenvalue weighted by Crippen LogP contribution is -2.10. The van der Waals surface area contributed by atoms with Crippen LogP contribution in [0.3, 0.4) is 0 Å². The summed E-state index contributed by atoms with van der Waals surface area (Å²) < 4.78 is 5.67. The maximum absolute atomic E-state index is 10.5. The summed E-state index contributed by atoms with van der Waals surface area (Å²) >= 11 is 0. The first kappa shape index (κ1) is 44.8. The van der Waals surface area contributed by atoms with Crippen molar-refractivity contribution in [3.63, 3.8) is 0 Å². The van der Waals surface area contributed by atoms with Crippen molar-refractivity contribution in [3.8, 4) is 71.7 Å². The molecule has 0 saturated heterocycles. The van der Waals surface area contributed by atoms with Crippen LogP contribution in [0.15, 0.2) is 164 Å². The van der Waals surface area contributed by atoms with Crippen LogP contribution in [0, 0.1) is 102 Å². The fraction of sp³-hybridized carbons (Fsp3) is 0. The minimum Gasteiger partial charge on any atom is -0.310 e. The molecular formula is C63H27N13. The fourth-order valence-electron chi connectivity index (χ4n) is 10.8. The van der Waals surface area contributed by atoms with Gasteiger partial charge < -0.3 is 18.6 Å². The third kappa shape index (κ3) is 6.56. The van der Waals surface area contributed by atoms with Gasteiger partial charge >= 0.3 is 0 Å². The second-order valence-electron chi connectivity index (χ2n) is 17.8. The summed E-state index contributed by atoms with van der Waals surface area (Å²) in [5, 5.41) is 97.1. The predicted octanol–water partition coefficient (Wildman–Crippen LogP) is 13.3. The van der Waals surface area contributed by atoms with E-state index < -0.39 is 0 Å². The Bertz CT molecular complexity index is 4410. The van der Waals surface area contributed by atoms with Crippen molar-refractivity contribution in [2.75, 3.05) is 4.90 Å². The van der Waals surface area contributed by atoms with Gasteiger partial charge in [-0.05, 0) is 109 Å². The molecule has 0 saturated carbocycles. The largest absolute Gasteiger partial charge is 0.310 e. The van der Waals surface area contributed by atoms with Gasteiger partial charge in [-0.25, -0.2) is 0 Å². The second kappa shape index (κ2) is 17.5. The van der Waals surface area contributed by atoms with E-state index in [0.29, 0.717) is 33.6 Å². The highest BCUT2D eigenvalue weighted by Gasteiger charge is 2.26. The molecule has 0 unspecified atom stereocenters. The molecule has 0 N–H and O–H groups in total. The smallest absolute Gasteiger partial charge is 0.101 e. The number of anilines is 3. The predicted molar refractivity (Wildman–Crippen MR) is 287 cm³/mol. The lowest BCUT2D eigenvalue weighted by atomic mass is 10.0. The average Bonchev–Trinajstić information content (AvgIpc) is 4.10. The van der Waals surface area contributed by atoms with Crippen LogP contribution in [0.1, 0.15) is 50.1 Å². The van der Waals surface area contributed by atoms with Crippen molar-refractivity contribution in [1.82, 2.24) is 13.7 Å². The summed E-state index contributed by atoms with van der Waals surface area (Å²) in [5.41, 5.74) is 9.09. The third-order valence-corrected chi connectivity index (χ3v) is 13.9.